The number of carbonyl (C=O) groups excluding carboxylic acids is 1. The van der Waals surface area contributed by atoms with Crippen LogP contribution in [-0.2, 0) is 11.3 Å². The van der Waals surface area contributed by atoms with E-state index in [0.717, 1.165) is 30.7 Å². The van der Waals surface area contributed by atoms with Crippen LogP contribution in [0, 0.1) is 0 Å². The van der Waals surface area contributed by atoms with Crippen molar-refractivity contribution in [2.45, 2.75) is 38.3 Å². The maximum atomic E-state index is 12.6. The molecule has 1 aromatic heterocycles. The Morgan fingerprint density at radius 1 is 1.17 bits per heavy atom. The van der Waals surface area contributed by atoms with E-state index in [0.29, 0.717) is 19.0 Å². The second kappa shape index (κ2) is 6.32. The molecule has 1 atom stereocenters. The molecule has 0 saturated carbocycles. The number of imidazole rings is 1. The molecule has 2 fully saturated rings. The predicted octanol–water partition coefficient (Wildman–Crippen LogP) is 2.12. The Hall–Kier alpha value is -1.88. The highest BCUT2D eigenvalue weighted by Gasteiger charge is 2.30. The Labute approximate surface area is 136 Å². The van der Waals surface area contributed by atoms with E-state index in [1.807, 2.05) is 24.5 Å². The molecule has 1 amide bonds. The fraction of sp³-hybridized carbons (Fsp3) is 0.556. The zero-order valence-electron chi connectivity index (χ0n) is 13.5. The van der Waals surface area contributed by atoms with Gasteiger partial charge in [0.25, 0.3) is 0 Å². The third-order valence-electron chi connectivity index (χ3n) is 5.28. The molecule has 2 saturated heterocycles. The average molecular weight is 312 g/mol. The molecule has 3 heterocycles. The first kappa shape index (κ1) is 14.7. The number of nitrogens with zero attached hydrogens (tertiary/aromatic N) is 4. The van der Waals surface area contributed by atoms with E-state index in [1.165, 1.54) is 25.8 Å². The Morgan fingerprint density at radius 2 is 2.09 bits per heavy atom. The van der Waals surface area contributed by atoms with Crippen molar-refractivity contribution < 1.29 is 4.79 Å². The number of aryl methyl sites for hydroxylation is 1. The van der Waals surface area contributed by atoms with Crippen LogP contribution in [-0.4, -0.2) is 57.5 Å². The Balaban J connectivity index is 1.36. The van der Waals surface area contributed by atoms with Crippen LogP contribution in [0.25, 0.3) is 11.0 Å². The summed E-state index contributed by atoms with van der Waals surface area (Å²) < 4.78 is 2.09. The van der Waals surface area contributed by atoms with E-state index in [-0.39, 0.29) is 5.91 Å². The van der Waals surface area contributed by atoms with Gasteiger partial charge < -0.3 is 9.47 Å². The fourth-order valence-corrected chi connectivity index (χ4v) is 3.95. The van der Waals surface area contributed by atoms with Gasteiger partial charge in [0.15, 0.2) is 0 Å². The first-order valence-corrected chi connectivity index (χ1v) is 8.73. The van der Waals surface area contributed by atoms with Crippen LogP contribution in [0.15, 0.2) is 30.6 Å². The maximum Gasteiger partial charge on any atom is 0.224 e. The number of carbonyl (C=O) groups is 1. The summed E-state index contributed by atoms with van der Waals surface area (Å²) in [6.45, 7) is 4.78. The Bertz CT molecular complexity index is 695. The monoisotopic (exact) mass is 312 g/mol. The average Bonchev–Trinajstić information content (AvgIpc) is 3.02. The van der Waals surface area contributed by atoms with E-state index in [4.69, 9.17) is 0 Å². The molecule has 2 aliphatic rings. The van der Waals surface area contributed by atoms with Gasteiger partial charge in [-0.2, -0.15) is 0 Å². The fourth-order valence-electron chi connectivity index (χ4n) is 3.95. The molecule has 1 aromatic carbocycles. The molecule has 5 nitrogen and oxygen atoms in total. The molecule has 2 aromatic rings. The summed E-state index contributed by atoms with van der Waals surface area (Å²) in [5.74, 6) is 0.285. The number of piperidine rings is 1. The van der Waals surface area contributed by atoms with Gasteiger partial charge in [0.05, 0.1) is 17.4 Å². The second-order valence-corrected chi connectivity index (χ2v) is 6.70. The molecule has 4 rings (SSSR count). The summed E-state index contributed by atoms with van der Waals surface area (Å²) in [6.07, 6.45) is 6.28. The molecule has 2 aliphatic heterocycles. The van der Waals surface area contributed by atoms with Gasteiger partial charge >= 0.3 is 0 Å². The van der Waals surface area contributed by atoms with Gasteiger partial charge in [-0.3, -0.25) is 9.69 Å². The number of hydrogen-bond acceptors (Lipinski definition) is 3. The topological polar surface area (TPSA) is 41.4 Å². The van der Waals surface area contributed by atoms with Gasteiger partial charge in [0.2, 0.25) is 5.91 Å². The minimum Gasteiger partial charge on any atom is -0.340 e. The smallest absolute Gasteiger partial charge is 0.224 e. The largest absolute Gasteiger partial charge is 0.340 e. The lowest BCUT2D eigenvalue weighted by Crippen LogP contribution is -2.56. The van der Waals surface area contributed by atoms with Crippen LogP contribution >= 0.6 is 0 Å². The van der Waals surface area contributed by atoms with Gasteiger partial charge in [0.1, 0.15) is 0 Å². The van der Waals surface area contributed by atoms with E-state index >= 15 is 0 Å². The highest BCUT2D eigenvalue weighted by molar-refractivity contribution is 5.77. The minimum atomic E-state index is 0.285. The Morgan fingerprint density at radius 3 is 3.04 bits per heavy atom. The van der Waals surface area contributed by atoms with Gasteiger partial charge in [-0.05, 0) is 31.5 Å². The highest BCUT2D eigenvalue weighted by Crippen LogP contribution is 2.21. The van der Waals surface area contributed by atoms with Crippen LogP contribution in [0.1, 0.15) is 25.7 Å². The molecular formula is C18H24N4O. The van der Waals surface area contributed by atoms with E-state index in [2.05, 4.69) is 25.4 Å². The minimum absolute atomic E-state index is 0.285. The predicted molar refractivity (Wildman–Crippen MR) is 90.1 cm³/mol. The molecule has 0 unspecified atom stereocenters. The van der Waals surface area contributed by atoms with Crippen molar-refractivity contribution in [1.82, 2.24) is 19.4 Å². The summed E-state index contributed by atoms with van der Waals surface area (Å²) in [6, 6.07) is 8.68. The first-order valence-electron chi connectivity index (χ1n) is 8.73. The number of para-hydroxylation sites is 2. The van der Waals surface area contributed by atoms with Crippen LogP contribution in [0.4, 0.5) is 0 Å². The lowest BCUT2D eigenvalue weighted by molar-refractivity contribution is -0.135. The molecule has 0 bridgehead atoms. The zero-order chi connectivity index (χ0) is 15.6. The third-order valence-corrected chi connectivity index (χ3v) is 5.28. The maximum absolute atomic E-state index is 12.6. The van der Waals surface area contributed by atoms with E-state index < -0.39 is 0 Å². The van der Waals surface area contributed by atoms with Crippen molar-refractivity contribution in [2.75, 3.05) is 26.2 Å². The molecule has 122 valence electrons. The molecule has 0 aliphatic carbocycles. The summed E-state index contributed by atoms with van der Waals surface area (Å²) in [7, 11) is 0. The number of fused-ring (bicyclic) bond motifs is 2. The van der Waals surface area contributed by atoms with E-state index in [1.54, 1.807) is 0 Å². The van der Waals surface area contributed by atoms with Gasteiger partial charge in [0, 0.05) is 38.6 Å². The lowest BCUT2D eigenvalue weighted by atomic mass is 9.99. The van der Waals surface area contributed by atoms with Gasteiger partial charge in [-0.15, -0.1) is 0 Å². The normalized spacial score (nSPS) is 22.3. The SMILES string of the molecule is O=C(CCn1cnc2ccccc21)N1CCN2CCCC[C@@H]2C1. The van der Waals surface area contributed by atoms with Crippen LogP contribution in [0.5, 0.6) is 0 Å². The summed E-state index contributed by atoms with van der Waals surface area (Å²) >= 11 is 0. The summed E-state index contributed by atoms with van der Waals surface area (Å²) in [4.78, 5) is 21.6. The number of hydrogen-bond donors (Lipinski definition) is 0. The molecule has 0 spiro atoms. The van der Waals surface area contributed by atoms with Crippen molar-refractivity contribution in [3.8, 4) is 0 Å². The number of amides is 1. The van der Waals surface area contributed by atoms with Gasteiger partial charge in [-0.1, -0.05) is 18.6 Å². The first-order chi connectivity index (χ1) is 11.3. The second-order valence-electron chi connectivity index (χ2n) is 6.70. The van der Waals surface area contributed by atoms with Crippen molar-refractivity contribution in [1.29, 1.82) is 0 Å². The van der Waals surface area contributed by atoms with Crippen molar-refractivity contribution >= 4 is 16.9 Å². The van der Waals surface area contributed by atoms with E-state index in [9.17, 15) is 4.79 Å². The van der Waals surface area contributed by atoms with Crippen molar-refractivity contribution in [2.24, 2.45) is 0 Å². The van der Waals surface area contributed by atoms with Crippen molar-refractivity contribution in [3.63, 3.8) is 0 Å². The van der Waals surface area contributed by atoms with Crippen LogP contribution in [0.3, 0.4) is 0 Å². The zero-order valence-corrected chi connectivity index (χ0v) is 13.5. The van der Waals surface area contributed by atoms with Crippen LogP contribution in [0.2, 0.25) is 0 Å². The number of benzene rings is 1. The summed E-state index contributed by atoms with van der Waals surface area (Å²) in [5, 5.41) is 0. The number of rotatable bonds is 3. The molecular weight excluding hydrogens is 288 g/mol. The molecule has 5 heteroatoms. The van der Waals surface area contributed by atoms with Crippen LogP contribution < -0.4 is 0 Å². The quantitative estimate of drug-likeness (QED) is 0.872. The van der Waals surface area contributed by atoms with Crippen molar-refractivity contribution in [3.05, 3.63) is 30.6 Å². The Kier molecular flexibility index (Phi) is 4.04. The number of piperazine rings is 1. The standard InChI is InChI=1S/C18H24N4O/c23-18(21-12-11-20-9-4-3-5-15(20)13-21)8-10-22-14-19-16-6-1-2-7-17(16)22/h1-2,6-7,14-15H,3-5,8-13H2/t15-/m1/s1. The molecule has 0 radical (unpaired) electrons. The highest BCUT2D eigenvalue weighted by atomic mass is 16.2. The summed E-state index contributed by atoms with van der Waals surface area (Å²) in [5.41, 5.74) is 2.10. The lowest BCUT2D eigenvalue weighted by Gasteiger charge is -2.44. The molecule has 23 heavy (non-hydrogen) atoms. The van der Waals surface area contributed by atoms with Gasteiger partial charge in [-0.25, -0.2) is 4.98 Å². The third kappa shape index (κ3) is 2.98. The number of aromatic nitrogens is 2. The molecule has 0 N–H and O–H groups in total.